The number of ether oxygens (including phenoxy) is 2. The van der Waals surface area contributed by atoms with Gasteiger partial charge < -0.3 is 14.4 Å². The van der Waals surface area contributed by atoms with Gasteiger partial charge in [-0.25, -0.2) is 0 Å². The number of amides is 1. The minimum atomic E-state index is -0.471. The zero-order chi connectivity index (χ0) is 14.5. The van der Waals surface area contributed by atoms with Crippen molar-refractivity contribution >= 4 is 17.5 Å². The molecule has 0 radical (unpaired) electrons. The Hall–Kier alpha value is -1.10. The van der Waals surface area contributed by atoms with E-state index in [-0.39, 0.29) is 11.9 Å². The second-order valence-corrected chi connectivity index (χ2v) is 5.50. The van der Waals surface area contributed by atoms with Crippen molar-refractivity contribution in [2.45, 2.75) is 25.5 Å². The maximum Gasteiger partial charge on any atom is 0.254 e. The molecule has 0 aliphatic carbocycles. The highest BCUT2D eigenvalue weighted by atomic mass is 35.5. The molecule has 2 atom stereocenters. The summed E-state index contributed by atoms with van der Waals surface area (Å²) in [5, 5.41) is 0.721. The lowest BCUT2D eigenvalue weighted by Crippen LogP contribution is -2.47. The summed E-state index contributed by atoms with van der Waals surface area (Å²) >= 11 is 5.87. The van der Waals surface area contributed by atoms with Crippen LogP contribution in [0, 0.1) is 0 Å². The highest BCUT2D eigenvalue weighted by Gasteiger charge is 2.27. The van der Waals surface area contributed by atoms with E-state index in [0.29, 0.717) is 19.8 Å². The van der Waals surface area contributed by atoms with E-state index in [2.05, 4.69) is 0 Å². The van der Waals surface area contributed by atoms with Crippen LogP contribution in [0.3, 0.4) is 0 Å². The average Bonchev–Trinajstić information content (AvgIpc) is 2.49. The van der Waals surface area contributed by atoms with Gasteiger partial charge in [0.05, 0.1) is 19.8 Å². The molecule has 1 amide bonds. The molecule has 1 heterocycles. The van der Waals surface area contributed by atoms with Crippen LogP contribution < -0.4 is 0 Å². The van der Waals surface area contributed by atoms with Crippen molar-refractivity contribution in [3.8, 4) is 0 Å². The fraction of sp³-hybridized carbons (Fsp3) is 0.533. The molecule has 4 nitrogen and oxygen atoms in total. The van der Waals surface area contributed by atoms with Crippen LogP contribution in [0.5, 0.6) is 0 Å². The van der Waals surface area contributed by atoms with E-state index in [0.717, 1.165) is 17.0 Å². The molecule has 1 aromatic rings. The van der Waals surface area contributed by atoms with Gasteiger partial charge in [-0.2, -0.15) is 0 Å². The zero-order valence-electron chi connectivity index (χ0n) is 11.8. The first-order chi connectivity index (χ1) is 9.58. The second-order valence-electron chi connectivity index (χ2n) is 5.06. The number of benzene rings is 1. The van der Waals surface area contributed by atoms with E-state index in [4.69, 9.17) is 21.1 Å². The Labute approximate surface area is 124 Å². The predicted molar refractivity (Wildman–Crippen MR) is 77.9 cm³/mol. The van der Waals surface area contributed by atoms with Crippen molar-refractivity contribution in [1.82, 2.24) is 4.90 Å². The molecule has 1 saturated heterocycles. The number of carbonyl (C=O) groups excluding carboxylic acids is 1. The minimum Gasteiger partial charge on any atom is -0.376 e. The van der Waals surface area contributed by atoms with Crippen molar-refractivity contribution in [1.29, 1.82) is 0 Å². The Balaban J connectivity index is 1.91. The number of rotatable bonds is 4. The highest BCUT2D eigenvalue weighted by Crippen LogP contribution is 2.14. The normalized spacial score (nSPS) is 20.4. The Kier molecular flexibility index (Phi) is 5.40. The fourth-order valence-electron chi connectivity index (χ4n) is 2.17. The number of halogens is 1. The van der Waals surface area contributed by atoms with Crippen LogP contribution in [0.4, 0.5) is 0 Å². The van der Waals surface area contributed by atoms with Crippen molar-refractivity contribution < 1.29 is 14.3 Å². The maximum atomic E-state index is 12.3. The van der Waals surface area contributed by atoms with Crippen LogP contribution in [0.1, 0.15) is 12.5 Å². The third kappa shape index (κ3) is 3.95. The van der Waals surface area contributed by atoms with Gasteiger partial charge in [0, 0.05) is 18.1 Å². The standard InChI is InChI=1S/C15H20ClNO3/c1-11(9-12-3-5-13(16)6-4-12)17(2)15(18)14-10-19-7-8-20-14/h3-6,11,14H,7-10H2,1-2H3/t11-,14-/m0/s1. The molecule has 1 aliphatic rings. The van der Waals surface area contributed by atoms with E-state index >= 15 is 0 Å². The Morgan fingerprint density at radius 1 is 1.40 bits per heavy atom. The van der Waals surface area contributed by atoms with Crippen LogP contribution in [0.25, 0.3) is 0 Å². The molecule has 0 bridgehead atoms. The molecule has 0 saturated carbocycles. The molecular formula is C15H20ClNO3. The van der Waals surface area contributed by atoms with Gasteiger partial charge in [-0.15, -0.1) is 0 Å². The molecular weight excluding hydrogens is 278 g/mol. The Morgan fingerprint density at radius 2 is 2.10 bits per heavy atom. The number of nitrogens with zero attached hydrogens (tertiary/aromatic N) is 1. The SMILES string of the molecule is C[C@@H](Cc1ccc(Cl)cc1)N(C)C(=O)[C@@H]1COCCO1. The molecule has 1 aliphatic heterocycles. The highest BCUT2D eigenvalue weighted by molar-refractivity contribution is 6.30. The molecule has 0 spiro atoms. The van der Waals surface area contributed by atoms with Crippen LogP contribution in [-0.2, 0) is 20.7 Å². The Morgan fingerprint density at radius 3 is 2.70 bits per heavy atom. The summed E-state index contributed by atoms with van der Waals surface area (Å²) in [6.45, 7) is 3.41. The van der Waals surface area contributed by atoms with Crippen LogP contribution in [0.15, 0.2) is 24.3 Å². The van der Waals surface area contributed by atoms with Crippen molar-refractivity contribution in [2.75, 3.05) is 26.9 Å². The maximum absolute atomic E-state index is 12.3. The number of likely N-dealkylation sites (N-methyl/N-ethyl adjacent to an activating group) is 1. The molecule has 1 fully saturated rings. The first kappa shape index (κ1) is 15.3. The summed E-state index contributed by atoms with van der Waals surface area (Å²) in [7, 11) is 1.81. The molecule has 0 aromatic heterocycles. The van der Waals surface area contributed by atoms with Crippen molar-refractivity contribution in [3.05, 3.63) is 34.9 Å². The van der Waals surface area contributed by atoms with E-state index < -0.39 is 6.10 Å². The average molecular weight is 298 g/mol. The smallest absolute Gasteiger partial charge is 0.254 e. The molecule has 0 unspecified atom stereocenters. The van der Waals surface area contributed by atoms with Crippen molar-refractivity contribution in [3.63, 3.8) is 0 Å². The predicted octanol–water partition coefficient (Wildman–Crippen LogP) is 2.14. The van der Waals surface area contributed by atoms with E-state index in [9.17, 15) is 4.79 Å². The van der Waals surface area contributed by atoms with Gasteiger partial charge in [-0.1, -0.05) is 23.7 Å². The molecule has 2 rings (SSSR count). The molecule has 1 aromatic carbocycles. The summed E-state index contributed by atoms with van der Waals surface area (Å²) in [4.78, 5) is 14.0. The number of carbonyl (C=O) groups is 1. The Bertz CT molecular complexity index is 443. The van der Waals surface area contributed by atoms with E-state index in [1.165, 1.54) is 0 Å². The lowest BCUT2D eigenvalue weighted by molar-refractivity contribution is -0.158. The van der Waals surface area contributed by atoms with Gasteiger partial charge in [0.25, 0.3) is 5.91 Å². The first-order valence-corrected chi connectivity index (χ1v) is 7.16. The minimum absolute atomic E-state index is 0.0221. The van der Waals surface area contributed by atoms with Crippen molar-refractivity contribution in [2.24, 2.45) is 0 Å². The van der Waals surface area contributed by atoms with Gasteiger partial charge in [0.2, 0.25) is 0 Å². The van der Waals surface area contributed by atoms with Crippen LogP contribution in [0.2, 0.25) is 5.02 Å². The van der Waals surface area contributed by atoms with E-state index in [1.54, 1.807) is 11.9 Å². The van der Waals surface area contributed by atoms with Gasteiger partial charge >= 0.3 is 0 Å². The topological polar surface area (TPSA) is 38.8 Å². The van der Waals surface area contributed by atoms with Crippen LogP contribution in [-0.4, -0.2) is 49.8 Å². The summed E-state index contributed by atoms with van der Waals surface area (Å²) in [6, 6.07) is 7.79. The molecule has 0 N–H and O–H groups in total. The summed E-state index contributed by atoms with van der Waals surface area (Å²) in [6.07, 6.45) is 0.314. The summed E-state index contributed by atoms with van der Waals surface area (Å²) in [5.74, 6) is -0.0221. The summed E-state index contributed by atoms with van der Waals surface area (Å²) < 4.78 is 10.7. The molecule has 20 heavy (non-hydrogen) atoms. The lowest BCUT2D eigenvalue weighted by Gasteiger charge is -2.30. The third-order valence-electron chi connectivity index (χ3n) is 3.54. The zero-order valence-corrected chi connectivity index (χ0v) is 12.6. The van der Waals surface area contributed by atoms with Gasteiger partial charge in [0.1, 0.15) is 0 Å². The quantitative estimate of drug-likeness (QED) is 0.855. The molecule has 5 heteroatoms. The molecule has 110 valence electrons. The van der Waals surface area contributed by atoms with E-state index in [1.807, 2.05) is 31.2 Å². The van der Waals surface area contributed by atoms with Crippen LogP contribution >= 0.6 is 11.6 Å². The van der Waals surface area contributed by atoms with Gasteiger partial charge in [-0.3, -0.25) is 4.79 Å². The second kappa shape index (κ2) is 7.07. The monoisotopic (exact) mass is 297 g/mol. The van der Waals surface area contributed by atoms with Gasteiger partial charge in [0.15, 0.2) is 6.10 Å². The van der Waals surface area contributed by atoms with Gasteiger partial charge in [-0.05, 0) is 31.0 Å². The fourth-order valence-corrected chi connectivity index (χ4v) is 2.30. The third-order valence-corrected chi connectivity index (χ3v) is 3.80. The largest absolute Gasteiger partial charge is 0.376 e. The summed E-state index contributed by atoms with van der Waals surface area (Å²) in [5.41, 5.74) is 1.15. The number of hydrogen-bond donors (Lipinski definition) is 0. The number of hydrogen-bond acceptors (Lipinski definition) is 3. The first-order valence-electron chi connectivity index (χ1n) is 6.78. The lowest BCUT2D eigenvalue weighted by atomic mass is 10.1.